The summed E-state index contributed by atoms with van der Waals surface area (Å²) >= 11 is 0. The first-order valence-corrected chi connectivity index (χ1v) is 6.24. The Morgan fingerprint density at radius 3 is 2.58 bits per heavy atom. The molecule has 0 amide bonds. The van der Waals surface area contributed by atoms with Crippen molar-refractivity contribution >= 4 is 5.78 Å². The second kappa shape index (κ2) is 7.76. The molecule has 1 atom stereocenters. The molecule has 0 saturated carbocycles. The number of carbonyl (C=O) groups is 1. The Morgan fingerprint density at radius 2 is 2.00 bits per heavy atom. The fraction of sp³-hybridized carbons (Fsp3) is 0.500. The largest absolute Gasteiger partial charge is 0.493 e. The summed E-state index contributed by atoms with van der Waals surface area (Å²) in [4.78, 5) is 12.2. The predicted octanol–water partition coefficient (Wildman–Crippen LogP) is 1.25. The molecule has 0 radical (unpaired) electrons. The number of aliphatic hydroxyl groups excluding tert-OH is 1. The number of methoxy groups -OCH3 is 2. The molecular weight excluding hydrogens is 246 g/mol. The lowest BCUT2D eigenvalue weighted by molar-refractivity contribution is 0.0949. The van der Waals surface area contributed by atoms with Crippen LogP contribution in [0.15, 0.2) is 18.2 Å². The number of rotatable bonds is 8. The van der Waals surface area contributed by atoms with Crippen LogP contribution in [0.1, 0.15) is 23.7 Å². The highest BCUT2D eigenvalue weighted by Crippen LogP contribution is 2.27. The van der Waals surface area contributed by atoms with E-state index >= 15 is 0 Å². The van der Waals surface area contributed by atoms with Gasteiger partial charge in [-0.05, 0) is 38.1 Å². The van der Waals surface area contributed by atoms with E-state index in [0.29, 0.717) is 30.0 Å². The predicted molar refractivity (Wildman–Crippen MR) is 73.0 cm³/mol. The van der Waals surface area contributed by atoms with Crippen molar-refractivity contribution in [3.05, 3.63) is 23.8 Å². The molecule has 5 nitrogen and oxygen atoms in total. The molecule has 5 heteroatoms. The van der Waals surface area contributed by atoms with E-state index in [1.165, 1.54) is 7.11 Å². The molecule has 106 valence electrons. The SMILES string of the molecule is COc1ccc(C(=O)C(C)NCCCO)cc1OC. The fourth-order valence-electron chi connectivity index (χ4n) is 1.73. The normalized spacial score (nSPS) is 12.0. The number of nitrogens with one attached hydrogen (secondary N) is 1. The van der Waals surface area contributed by atoms with Crippen molar-refractivity contribution in [3.63, 3.8) is 0 Å². The van der Waals surface area contributed by atoms with E-state index < -0.39 is 0 Å². The molecule has 0 fully saturated rings. The van der Waals surface area contributed by atoms with Gasteiger partial charge < -0.3 is 19.9 Å². The van der Waals surface area contributed by atoms with Crippen molar-refractivity contribution in [2.75, 3.05) is 27.4 Å². The Balaban J connectivity index is 2.76. The van der Waals surface area contributed by atoms with Crippen molar-refractivity contribution in [2.45, 2.75) is 19.4 Å². The molecular formula is C14H21NO4. The van der Waals surface area contributed by atoms with Crippen LogP contribution in [-0.2, 0) is 0 Å². The van der Waals surface area contributed by atoms with E-state index in [9.17, 15) is 4.79 Å². The van der Waals surface area contributed by atoms with E-state index in [-0.39, 0.29) is 18.4 Å². The first-order valence-electron chi connectivity index (χ1n) is 6.24. The lowest BCUT2D eigenvalue weighted by Gasteiger charge is -2.14. The number of carbonyl (C=O) groups excluding carboxylic acids is 1. The van der Waals surface area contributed by atoms with Gasteiger partial charge in [0.05, 0.1) is 20.3 Å². The summed E-state index contributed by atoms with van der Waals surface area (Å²) in [5.41, 5.74) is 0.571. The maximum atomic E-state index is 12.2. The number of ether oxygens (including phenoxy) is 2. The maximum Gasteiger partial charge on any atom is 0.179 e. The summed E-state index contributed by atoms with van der Waals surface area (Å²) in [6.07, 6.45) is 0.629. The molecule has 0 aliphatic carbocycles. The zero-order valence-electron chi connectivity index (χ0n) is 11.6. The summed E-state index contributed by atoms with van der Waals surface area (Å²) in [6.45, 7) is 2.53. The Labute approximate surface area is 113 Å². The van der Waals surface area contributed by atoms with E-state index in [0.717, 1.165) is 0 Å². The number of aliphatic hydroxyl groups is 1. The van der Waals surface area contributed by atoms with Crippen LogP contribution in [0, 0.1) is 0 Å². The maximum absolute atomic E-state index is 12.2. The molecule has 0 saturated heterocycles. The van der Waals surface area contributed by atoms with Crippen LogP contribution in [-0.4, -0.2) is 44.3 Å². The monoisotopic (exact) mass is 267 g/mol. The van der Waals surface area contributed by atoms with Crippen LogP contribution in [0.5, 0.6) is 11.5 Å². The van der Waals surface area contributed by atoms with Gasteiger partial charge in [0.25, 0.3) is 0 Å². The lowest BCUT2D eigenvalue weighted by atomic mass is 10.0. The van der Waals surface area contributed by atoms with Gasteiger partial charge >= 0.3 is 0 Å². The topological polar surface area (TPSA) is 67.8 Å². The molecule has 19 heavy (non-hydrogen) atoms. The zero-order chi connectivity index (χ0) is 14.3. The minimum Gasteiger partial charge on any atom is -0.493 e. The highest BCUT2D eigenvalue weighted by Gasteiger charge is 2.16. The summed E-state index contributed by atoms with van der Waals surface area (Å²) in [5.74, 6) is 1.12. The Morgan fingerprint density at radius 1 is 1.32 bits per heavy atom. The number of hydrogen-bond acceptors (Lipinski definition) is 5. The van der Waals surface area contributed by atoms with Gasteiger partial charge in [0.2, 0.25) is 0 Å². The average Bonchev–Trinajstić information content (AvgIpc) is 2.45. The average molecular weight is 267 g/mol. The Bertz CT molecular complexity index is 420. The third-order valence-corrected chi connectivity index (χ3v) is 2.85. The molecule has 0 aliphatic heterocycles. The van der Waals surface area contributed by atoms with Crippen molar-refractivity contribution in [1.82, 2.24) is 5.32 Å². The molecule has 1 aromatic rings. The highest BCUT2D eigenvalue weighted by molar-refractivity contribution is 6.00. The molecule has 0 heterocycles. The van der Waals surface area contributed by atoms with E-state index in [2.05, 4.69) is 5.32 Å². The van der Waals surface area contributed by atoms with Crippen LogP contribution >= 0.6 is 0 Å². The fourth-order valence-corrected chi connectivity index (χ4v) is 1.73. The van der Waals surface area contributed by atoms with E-state index in [4.69, 9.17) is 14.6 Å². The van der Waals surface area contributed by atoms with Gasteiger partial charge in [-0.3, -0.25) is 4.79 Å². The third kappa shape index (κ3) is 4.22. The van der Waals surface area contributed by atoms with Gasteiger partial charge in [0.1, 0.15) is 0 Å². The summed E-state index contributed by atoms with van der Waals surface area (Å²) in [6, 6.07) is 4.80. The van der Waals surface area contributed by atoms with Gasteiger partial charge in [0, 0.05) is 12.2 Å². The van der Waals surface area contributed by atoms with Crippen molar-refractivity contribution in [2.24, 2.45) is 0 Å². The number of ketones is 1. The minimum atomic E-state index is -0.301. The van der Waals surface area contributed by atoms with E-state index in [1.807, 2.05) is 0 Å². The Hall–Kier alpha value is -1.59. The smallest absolute Gasteiger partial charge is 0.179 e. The summed E-state index contributed by atoms with van der Waals surface area (Å²) in [7, 11) is 3.09. The summed E-state index contributed by atoms with van der Waals surface area (Å²) < 4.78 is 10.3. The van der Waals surface area contributed by atoms with Crippen molar-refractivity contribution in [1.29, 1.82) is 0 Å². The second-order valence-corrected chi connectivity index (χ2v) is 4.19. The van der Waals surface area contributed by atoms with Crippen LogP contribution in [0.25, 0.3) is 0 Å². The van der Waals surface area contributed by atoms with Crippen LogP contribution < -0.4 is 14.8 Å². The number of hydrogen-bond donors (Lipinski definition) is 2. The molecule has 0 bridgehead atoms. The van der Waals surface area contributed by atoms with Gasteiger partial charge in [0.15, 0.2) is 17.3 Å². The van der Waals surface area contributed by atoms with Gasteiger partial charge in [-0.25, -0.2) is 0 Å². The first kappa shape index (κ1) is 15.5. The van der Waals surface area contributed by atoms with Gasteiger partial charge in [-0.15, -0.1) is 0 Å². The lowest BCUT2D eigenvalue weighted by Crippen LogP contribution is -2.34. The quantitative estimate of drug-likeness (QED) is 0.548. The highest BCUT2D eigenvalue weighted by atomic mass is 16.5. The molecule has 1 aromatic carbocycles. The molecule has 2 N–H and O–H groups in total. The molecule has 1 rings (SSSR count). The van der Waals surface area contributed by atoms with Gasteiger partial charge in [-0.2, -0.15) is 0 Å². The Kier molecular flexibility index (Phi) is 6.32. The van der Waals surface area contributed by atoms with Gasteiger partial charge in [-0.1, -0.05) is 0 Å². The van der Waals surface area contributed by atoms with Crippen molar-refractivity contribution in [3.8, 4) is 11.5 Å². The zero-order valence-corrected chi connectivity index (χ0v) is 11.6. The molecule has 0 aliphatic rings. The summed E-state index contributed by atoms with van der Waals surface area (Å²) in [5, 5.41) is 11.8. The third-order valence-electron chi connectivity index (χ3n) is 2.85. The number of Topliss-reactive ketones (excluding diaryl/α,β-unsaturated/α-hetero) is 1. The molecule has 0 spiro atoms. The second-order valence-electron chi connectivity index (χ2n) is 4.19. The van der Waals surface area contributed by atoms with Crippen LogP contribution in [0.4, 0.5) is 0 Å². The standard InChI is InChI=1S/C14H21NO4/c1-10(15-7-4-8-16)14(17)11-5-6-12(18-2)13(9-11)19-3/h5-6,9-10,15-16H,4,7-8H2,1-3H3. The minimum absolute atomic E-state index is 0.0149. The van der Waals surface area contributed by atoms with Crippen molar-refractivity contribution < 1.29 is 19.4 Å². The molecule has 0 aromatic heterocycles. The van der Waals surface area contributed by atoms with Crippen LogP contribution in [0.3, 0.4) is 0 Å². The first-order chi connectivity index (χ1) is 9.13. The van der Waals surface area contributed by atoms with E-state index in [1.54, 1.807) is 32.2 Å². The number of benzene rings is 1. The molecule has 1 unspecified atom stereocenters. The van der Waals surface area contributed by atoms with Crippen LogP contribution in [0.2, 0.25) is 0 Å².